The normalized spacial score (nSPS) is 22.8. The molecule has 1 amide bonds. The first-order valence-electron chi connectivity index (χ1n) is 8.58. The molecule has 4 nitrogen and oxygen atoms in total. The molecule has 2 atom stereocenters. The Bertz CT molecular complexity index is 491. The summed E-state index contributed by atoms with van der Waals surface area (Å²) in [5.41, 5.74) is 1.15. The van der Waals surface area contributed by atoms with Crippen molar-refractivity contribution in [1.29, 1.82) is 0 Å². The number of amides is 1. The maximum Gasteiger partial charge on any atom is 0.220 e. The first-order chi connectivity index (χ1) is 10.9. The molecular weight excluding hydrogens is 288 g/mol. The first-order valence-corrected chi connectivity index (χ1v) is 8.58. The van der Waals surface area contributed by atoms with Crippen LogP contribution in [-0.4, -0.2) is 48.2 Å². The lowest BCUT2D eigenvalue weighted by atomic mass is 10.00. The van der Waals surface area contributed by atoms with E-state index in [1.54, 1.807) is 0 Å². The summed E-state index contributed by atoms with van der Waals surface area (Å²) >= 11 is 0. The number of hydrogen-bond donors (Lipinski definition) is 1. The van der Waals surface area contributed by atoms with Crippen LogP contribution in [0.4, 0.5) is 0 Å². The summed E-state index contributed by atoms with van der Waals surface area (Å²) in [5, 5.41) is 3.10. The number of benzene rings is 1. The van der Waals surface area contributed by atoms with E-state index in [0.717, 1.165) is 19.5 Å². The van der Waals surface area contributed by atoms with Crippen LogP contribution in [0.15, 0.2) is 30.3 Å². The number of morpholine rings is 1. The summed E-state index contributed by atoms with van der Waals surface area (Å²) in [6, 6.07) is 10.1. The van der Waals surface area contributed by atoms with Crippen molar-refractivity contribution in [2.75, 3.05) is 19.6 Å². The molecule has 1 aromatic carbocycles. The van der Waals surface area contributed by atoms with Gasteiger partial charge in [0, 0.05) is 31.6 Å². The van der Waals surface area contributed by atoms with Crippen molar-refractivity contribution in [2.45, 2.75) is 58.3 Å². The Morgan fingerprint density at radius 2 is 1.83 bits per heavy atom. The van der Waals surface area contributed by atoms with Gasteiger partial charge in [0.2, 0.25) is 5.91 Å². The Balaban J connectivity index is 1.78. The summed E-state index contributed by atoms with van der Waals surface area (Å²) in [4.78, 5) is 14.5. The first kappa shape index (κ1) is 18.0. The van der Waals surface area contributed by atoms with Gasteiger partial charge in [-0.25, -0.2) is 0 Å². The summed E-state index contributed by atoms with van der Waals surface area (Å²) in [6.07, 6.45) is 1.81. The molecule has 23 heavy (non-hydrogen) atoms. The second-order valence-electron chi connectivity index (χ2n) is 7.24. The molecule has 1 aliphatic rings. The van der Waals surface area contributed by atoms with Gasteiger partial charge in [-0.2, -0.15) is 0 Å². The Hall–Kier alpha value is -1.39. The summed E-state index contributed by atoms with van der Waals surface area (Å²) in [5.74, 6) is 0.122. The quantitative estimate of drug-likeness (QED) is 0.877. The van der Waals surface area contributed by atoms with E-state index in [1.807, 2.05) is 18.2 Å². The van der Waals surface area contributed by atoms with Crippen molar-refractivity contribution < 1.29 is 9.53 Å². The monoisotopic (exact) mass is 318 g/mol. The standard InChI is InChI=1S/C19H30N2O2/c1-15-12-21(13-16(2)23-15)19(3,4)14-20-18(22)11-10-17-8-6-5-7-9-17/h5-9,15-16H,10-14H2,1-4H3,(H,20,22)/t15-,16-/m1/s1. The number of hydrogen-bond acceptors (Lipinski definition) is 3. The van der Waals surface area contributed by atoms with E-state index in [9.17, 15) is 4.79 Å². The number of nitrogens with one attached hydrogen (secondary N) is 1. The highest BCUT2D eigenvalue weighted by Gasteiger charge is 2.33. The molecule has 0 saturated carbocycles. The molecular formula is C19H30N2O2. The molecule has 0 unspecified atom stereocenters. The van der Waals surface area contributed by atoms with E-state index in [-0.39, 0.29) is 23.7 Å². The molecule has 1 heterocycles. The zero-order valence-electron chi connectivity index (χ0n) is 14.8. The SMILES string of the molecule is C[C@@H]1CN(C(C)(C)CNC(=O)CCc2ccccc2)C[C@@H](C)O1. The molecule has 4 heteroatoms. The topological polar surface area (TPSA) is 41.6 Å². The zero-order chi connectivity index (χ0) is 16.9. The van der Waals surface area contributed by atoms with Gasteiger partial charge in [-0.15, -0.1) is 0 Å². The minimum Gasteiger partial charge on any atom is -0.373 e. The fraction of sp³-hybridized carbons (Fsp3) is 0.632. The molecule has 2 rings (SSSR count). The second-order valence-corrected chi connectivity index (χ2v) is 7.24. The van der Waals surface area contributed by atoms with E-state index in [0.29, 0.717) is 13.0 Å². The summed E-state index contributed by atoms with van der Waals surface area (Å²) in [6.45, 7) is 11.1. The summed E-state index contributed by atoms with van der Waals surface area (Å²) in [7, 11) is 0. The third-order valence-electron chi connectivity index (χ3n) is 4.48. The molecule has 1 aliphatic heterocycles. The molecule has 1 N–H and O–H groups in total. The highest BCUT2D eigenvalue weighted by Crippen LogP contribution is 2.20. The van der Waals surface area contributed by atoms with Crippen LogP contribution >= 0.6 is 0 Å². The number of nitrogens with zero attached hydrogens (tertiary/aromatic N) is 1. The minimum atomic E-state index is -0.0608. The average Bonchev–Trinajstić information content (AvgIpc) is 2.51. The van der Waals surface area contributed by atoms with Crippen LogP contribution in [0, 0.1) is 0 Å². The van der Waals surface area contributed by atoms with Crippen LogP contribution in [0.25, 0.3) is 0 Å². The van der Waals surface area contributed by atoms with Crippen molar-refractivity contribution >= 4 is 5.91 Å². The van der Waals surface area contributed by atoms with Gasteiger partial charge in [-0.3, -0.25) is 9.69 Å². The molecule has 0 aliphatic carbocycles. The summed E-state index contributed by atoms with van der Waals surface area (Å²) < 4.78 is 5.80. The Morgan fingerprint density at radius 1 is 1.22 bits per heavy atom. The number of rotatable bonds is 6. The van der Waals surface area contributed by atoms with E-state index in [1.165, 1.54) is 5.56 Å². The average molecular weight is 318 g/mol. The van der Waals surface area contributed by atoms with Crippen LogP contribution in [0.3, 0.4) is 0 Å². The van der Waals surface area contributed by atoms with Crippen LogP contribution in [0.1, 0.15) is 39.7 Å². The Morgan fingerprint density at radius 3 is 2.43 bits per heavy atom. The van der Waals surface area contributed by atoms with Gasteiger partial charge >= 0.3 is 0 Å². The second kappa shape index (κ2) is 7.93. The van der Waals surface area contributed by atoms with E-state index in [4.69, 9.17) is 4.74 Å². The van der Waals surface area contributed by atoms with Gasteiger partial charge in [0.15, 0.2) is 0 Å². The highest BCUT2D eigenvalue weighted by molar-refractivity contribution is 5.76. The molecule has 0 bridgehead atoms. The smallest absolute Gasteiger partial charge is 0.220 e. The molecule has 0 radical (unpaired) electrons. The van der Waals surface area contributed by atoms with Gasteiger partial charge in [0.1, 0.15) is 0 Å². The molecule has 0 aromatic heterocycles. The van der Waals surface area contributed by atoms with Crippen molar-refractivity contribution in [3.8, 4) is 0 Å². The van der Waals surface area contributed by atoms with Gasteiger partial charge < -0.3 is 10.1 Å². The minimum absolute atomic E-state index is 0.0608. The van der Waals surface area contributed by atoms with Gasteiger partial charge in [-0.05, 0) is 39.7 Å². The predicted molar refractivity (Wildman–Crippen MR) is 93.4 cm³/mol. The molecule has 1 aromatic rings. The van der Waals surface area contributed by atoms with Crippen LogP contribution < -0.4 is 5.32 Å². The zero-order valence-corrected chi connectivity index (χ0v) is 14.8. The predicted octanol–water partition coefficient (Wildman–Crippen LogP) is 2.62. The number of aryl methyl sites for hydroxylation is 1. The van der Waals surface area contributed by atoms with Gasteiger partial charge in [-0.1, -0.05) is 30.3 Å². The van der Waals surface area contributed by atoms with Gasteiger partial charge in [0.25, 0.3) is 0 Å². The van der Waals surface area contributed by atoms with Crippen LogP contribution in [0.2, 0.25) is 0 Å². The number of carbonyl (C=O) groups excluding carboxylic acids is 1. The lowest BCUT2D eigenvalue weighted by Gasteiger charge is -2.45. The van der Waals surface area contributed by atoms with Crippen molar-refractivity contribution in [2.24, 2.45) is 0 Å². The Labute approximate surface area is 140 Å². The number of carbonyl (C=O) groups is 1. The van der Waals surface area contributed by atoms with Crippen molar-refractivity contribution in [3.05, 3.63) is 35.9 Å². The van der Waals surface area contributed by atoms with E-state index < -0.39 is 0 Å². The molecule has 128 valence electrons. The Kier molecular flexibility index (Phi) is 6.19. The largest absolute Gasteiger partial charge is 0.373 e. The molecule has 1 fully saturated rings. The van der Waals surface area contributed by atoms with E-state index in [2.05, 4.69) is 50.0 Å². The lowest BCUT2D eigenvalue weighted by Crippen LogP contribution is -2.58. The molecule has 0 spiro atoms. The van der Waals surface area contributed by atoms with Gasteiger partial charge in [0.05, 0.1) is 12.2 Å². The third kappa shape index (κ3) is 5.63. The molecule has 1 saturated heterocycles. The van der Waals surface area contributed by atoms with Crippen molar-refractivity contribution in [1.82, 2.24) is 10.2 Å². The lowest BCUT2D eigenvalue weighted by molar-refractivity contribution is -0.122. The van der Waals surface area contributed by atoms with E-state index >= 15 is 0 Å². The fourth-order valence-electron chi connectivity index (χ4n) is 3.09. The maximum absolute atomic E-state index is 12.1. The maximum atomic E-state index is 12.1. The fourth-order valence-corrected chi connectivity index (χ4v) is 3.09. The van der Waals surface area contributed by atoms with Crippen LogP contribution in [-0.2, 0) is 16.0 Å². The number of ether oxygens (including phenoxy) is 1. The third-order valence-corrected chi connectivity index (χ3v) is 4.48. The van der Waals surface area contributed by atoms with Crippen molar-refractivity contribution in [3.63, 3.8) is 0 Å². The van der Waals surface area contributed by atoms with Crippen LogP contribution in [0.5, 0.6) is 0 Å². The highest BCUT2D eigenvalue weighted by atomic mass is 16.5.